The van der Waals surface area contributed by atoms with Gasteiger partial charge in [-0.05, 0) is 56.0 Å². The average molecular weight is 294 g/mol. The van der Waals surface area contributed by atoms with E-state index in [1.54, 1.807) is 6.07 Å². The van der Waals surface area contributed by atoms with Crippen LogP contribution in [0.5, 0.6) is 0 Å². The number of hydrogen-bond donors (Lipinski definition) is 2. The molecule has 0 amide bonds. The van der Waals surface area contributed by atoms with Gasteiger partial charge in [0.15, 0.2) is 0 Å². The predicted molar refractivity (Wildman–Crippen MR) is 85.2 cm³/mol. The molecular formula is C17H27FN2O. The lowest BCUT2D eigenvalue weighted by Gasteiger charge is -2.38. The second kappa shape index (κ2) is 6.75. The molecule has 1 heterocycles. The van der Waals surface area contributed by atoms with Crippen LogP contribution in [0.15, 0.2) is 12.1 Å². The summed E-state index contributed by atoms with van der Waals surface area (Å²) in [6.07, 6.45) is 0.546. The first-order valence-electron chi connectivity index (χ1n) is 7.90. The van der Waals surface area contributed by atoms with Crippen molar-refractivity contribution in [3.8, 4) is 0 Å². The van der Waals surface area contributed by atoms with Gasteiger partial charge < -0.3 is 15.3 Å². The van der Waals surface area contributed by atoms with Crippen LogP contribution in [-0.4, -0.2) is 30.8 Å². The lowest BCUT2D eigenvalue weighted by atomic mass is 9.94. The number of nitrogens with one attached hydrogen (secondary N) is 1. The third kappa shape index (κ3) is 3.55. The van der Waals surface area contributed by atoms with E-state index >= 15 is 0 Å². The van der Waals surface area contributed by atoms with Crippen molar-refractivity contribution < 1.29 is 9.50 Å². The van der Waals surface area contributed by atoms with Gasteiger partial charge in [-0.1, -0.05) is 13.8 Å². The maximum Gasteiger partial charge on any atom is 0.126 e. The van der Waals surface area contributed by atoms with Crippen molar-refractivity contribution >= 4 is 5.69 Å². The van der Waals surface area contributed by atoms with Gasteiger partial charge >= 0.3 is 0 Å². The summed E-state index contributed by atoms with van der Waals surface area (Å²) in [4.78, 5) is 2.28. The van der Waals surface area contributed by atoms with Crippen LogP contribution in [0.25, 0.3) is 0 Å². The second-order valence-electron chi connectivity index (χ2n) is 6.22. The lowest BCUT2D eigenvalue weighted by molar-refractivity contribution is 0.0970. The maximum absolute atomic E-state index is 14.0. The summed E-state index contributed by atoms with van der Waals surface area (Å²) >= 11 is 0. The number of aliphatic hydroxyl groups is 1. The fourth-order valence-electron chi connectivity index (χ4n) is 3.07. The van der Waals surface area contributed by atoms with Crippen molar-refractivity contribution in [2.45, 2.75) is 46.3 Å². The van der Waals surface area contributed by atoms with E-state index in [4.69, 9.17) is 0 Å². The standard InChI is InChI=1S/C17H27FN2O/c1-5-19-13(4)14-9-15(18)11(2)8-16(14)20-7-6-17(21)12(3)10-20/h8-9,12-13,17,19,21H,5-7,10H2,1-4H3. The quantitative estimate of drug-likeness (QED) is 0.896. The van der Waals surface area contributed by atoms with Crippen molar-refractivity contribution in [2.24, 2.45) is 5.92 Å². The maximum atomic E-state index is 14.0. The Bertz CT molecular complexity index is 492. The van der Waals surface area contributed by atoms with Gasteiger partial charge in [0, 0.05) is 24.8 Å². The molecule has 3 unspecified atom stereocenters. The third-order valence-corrected chi connectivity index (χ3v) is 4.49. The molecule has 21 heavy (non-hydrogen) atoms. The highest BCUT2D eigenvalue weighted by atomic mass is 19.1. The normalized spacial score (nSPS) is 24.2. The van der Waals surface area contributed by atoms with Crippen molar-refractivity contribution in [2.75, 3.05) is 24.5 Å². The predicted octanol–water partition coefficient (Wildman–Crippen LogP) is 3.01. The number of piperidine rings is 1. The Kier molecular flexibility index (Phi) is 5.22. The van der Waals surface area contributed by atoms with Crippen molar-refractivity contribution in [3.63, 3.8) is 0 Å². The Morgan fingerprint density at radius 1 is 1.48 bits per heavy atom. The molecule has 0 aliphatic carbocycles. The summed E-state index contributed by atoms with van der Waals surface area (Å²) in [7, 11) is 0. The van der Waals surface area contributed by atoms with Crippen molar-refractivity contribution in [1.29, 1.82) is 0 Å². The highest BCUT2D eigenvalue weighted by molar-refractivity contribution is 5.57. The fourth-order valence-corrected chi connectivity index (χ4v) is 3.07. The highest BCUT2D eigenvalue weighted by Gasteiger charge is 2.27. The SMILES string of the molecule is CCNC(C)c1cc(F)c(C)cc1N1CCC(O)C(C)C1. The van der Waals surface area contributed by atoms with E-state index in [2.05, 4.69) is 31.0 Å². The number of aryl methyl sites for hydroxylation is 1. The molecule has 1 aromatic rings. The number of rotatable bonds is 4. The first-order chi connectivity index (χ1) is 9.93. The number of aliphatic hydroxyl groups excluding tert-OH is 1. The fraction of sp³-hybridized carbons (Fsp3) is 0.647. The molecule has 4 heteroatoms. The third-order valence-electron chi connectivity index (χ3n) is 4.49. The Hall–Kier alpha value is -1.13. The largest absolute Gasteiger partial charge is 0.393 e. The molecule has 2 N–H and O–H groups in total. The van der Waals surface area contributed by atoms with Gasteiger partial charge in [0.25, 0.3) is 0 Å². The molecule has 0 aromatic heterocycles. The molecule has 1 aromatic carbocycles. The lowest BCUT2D eigenvalue weighted by Crippen LogP contribution is -2.42. The smallest absolute Gasteiger partial charge is 0.126 e. The molecular weight excluding hydrogens is 267 g/mol. The van der Waals surface area contributed by atoms with E-state index in [1.807, 2.05) is 13.0 Å². The van der Waals surface area contributed by atoms with Gasteiger partial charge in [-0.2, -0.15) is 0 Å². The molecule has 2 rings (SSSR count). The number of nitrogens with zero attached hydrogens (tertiary/aromatic N) is 1. The molecule has 0 spiro atoms. The molecule has 118 valence electrons. The van der Waals surface area contributed by atoms with E-state index in [-0.39, 0.29) is 23.9 Å². The zero-order valence-corrected chi connectivity index (χ0v) is 13.5. The van der Waals surface area contributed by atoms with E-state index in [0.717, 1.165) is 37.3 Å². The van der Waals surface area contributed by atoms with Gasteiger partial charge in [0.1, 0.15) is 5.82 Å². The van der Waals surface area contributed by atoms with E-state index < -0.39 is 0 Å². The first-order valence-corrected chi connectivity index (χ1v) is 7.90. The van der Waals surface area contributed by atoms with Crippen LogP contribution < -0.4 is 10.2 Å². The Balaban J connectivity index is 2.34. The number of benzene rings is 1. The topological polar surface area (TPSA) is 35.5 Å². The van der Waals surface area contributed by atoms with Crippen LogP contribution >= 0.6 is 0 Å². The number of hydrogen-bond acceptors (Lipinski definition) is 3. The molecule has 1 aliphatic heterocycles. The molecule has 3 nitrogen and oxygen atoms in total. The van der Waals surface area contributed by atoms with Crippen LogP contribution in [0.3, 0.4) is 0 Å². The minimum Gasteiger partial charge on any atom is -0.393 e. The summed E-state index contributed by atoms with van der Waals surface area (Å²) in [5, 5.41) is 13.3. The van der Waals surface area contributed by atoms with E-state index in [0.29, 0.717) is 5.56 Å². The van der Waals surface area contributed by atoms with Crippen LogP contribution in [0.1, 0.15) is 44.4 Å². The van der Waals surface area contributed by atoms with Crippen LogP contribution in [0, 0.1) is 18.7 Å². The zero-order chi connectivity index (χ0) is 15.6. The number of halogens is 1. The van der Waals surface area contributed by atoms with E-state index in [9.17, 15) is 9.50 Å². The molecule has 0 saturated carbocycles. The van der Waals surface area contributed by atoms with Crippen molar-refractivity contribution in [3.05, 3.63) is 29.1 Å². The summed E-state index contributed by atoms with van der Waals surface area (Å²) in [5.41, 5.74) is 2.78. The Morgan fingerprint density at radius 2 is 2.19 bits per heavy atom. The monoisotopic (exact) mass is 294 g/mol. The Morgan fingerprint density at radius 3 is 2.81 bits per heavy atom. The first kappa shape index (κ1) is 16.2. The summed E-state index contributed by atoms with van der Waals surface area (Å²) in [5.74, 6) is 0.0926. The van der Waals surface area contributed by atoms with Gasteiger partial charge in [-0.25, -0.2) is 4.39 Å². The van der Waals surface area contributed by atoms with Crippen LogP contribution in [-0.2, 0) is 0 Å². The molecule has 1 fully saturated rings. The minimum absolute atomic E-state index is 0.113. The van der Waals surface area contributed by atoms with Gasteiger partial charge in [-0.3, -0.25) is 0 Å². The molecule has 3 atom stereocenters. The average Bonchev–Trinajstić information content (AvgIpc) is 2.44. The minimum atomic E-state index is -0.225. The highest BCUT2D eigenvalue weighted by Crippen LogP contribution is 2.32. The van der Waals surface area contributed by atoms with Gasteiger partial charge in [0.05, 0.1) is 6.10 Å². The molecule has 1 aliphatic rings. The molecule has 1 saturated heterocycles. The summed E-state index contributed by atoms with van der Waals surface area (Å²) in [6.45, 7) is 10.5. The van der Waals surface area contributed by atoms with E-state index in [1.165, 1.54) is 0 Å². The zero-order valence-electron chi connectivity index (χ0n) is 13.5. The van der Waals surface area contributed by atoms with Crippen LogP contribution in [0.4, 0.5) is 10.1 Å². The van der Waals surface area contributed by atoms with Gasteiger partial charge in [0.2, 0.25) is 0 Å². The summed E-state index contributed by atoms with van der Waals surface area (Å²) < 4.78 is 14.0. The van der Waals surface area contributed by atoms with Crippen LogP contribution in [0.2, 0.25) is 0 Å². The summed E-state index contributed by atoms with van der Waals surface area (Å²) in [6, 6.07) is 3.72. The van der Waals surface area contributed by atoms with Crippen molar-refractivity contribution in [1.82, 2.24) is 5.32 Å². The van der Waals surface area contributed by atoms with Gasteiger partial charge in [-0.15, -0.1) is 0 Å². The Labute approximate surface area is 127 Å². The molecule has 0 radical (unpaired) electrons. The molecule has 0 bridgehead atoms. The second-order valence-corrected chi connectivity index (χ2v) is 6.22. The number of anilines is 1.